The number of amides is 1. The van der Waals surface area contributed by atoms with Crippen LogP contribution in [0.25, 0.3) is 0 Å². The van der Waals surface area contributed by atoms with E-state index in [4.69, 9.17) is 4.74 Å². The fourth-order valence-electron chi connectivity index (χ4n) is 2.60. The van der Waals surface area contributed by atoms with Crippen molar-refractivity contribution < 1.29 is 9.53 Å². The van der Waals surface area contributed by atoms with Gasteiger partial charge in [-0.1, -0.05) is 30.3 Å². The first kappa shape index (κ1) is 15.5. The number of hydrogen-bond donors (Lipinski definition) is 1. The van der Waals surface area contributed by atoms with Gasteiger partial charge in [-0.05, 0) is 24.6 Å². The molecule has 2 aromatic rings. The Morgan fingerprint density at radius 3 is 2.57 bits per heavy atom. The number of pyridine rings is 1. The van der Waals surface area contributed by atoms with Crippen LogP contribution in [0.5, 0.6) is 0 Å². The molecular formula is C18H21N3O2. The highest BCUT2D eigenvalue weighted by molar-refractivity contribution is 5.94. The minimum Gasteiger partial charge on any atom is -0.378 e. The standard InChI is InChI=1S/C18H21N3O2/c1-14(15-5-3-2-4-6-15)20-18(22)16-7-8-17(19-13-16)21-9-11-23-12-10-21/h2-8,13-14H,9-12H2,1H3,(H,20,22). The maximum Gasteiger partial charge on any atom is 0.253 e. The number of benzene rings is 1. The summed E-state index contributed by atoms with van der Waals surface area (Å²) < 4.78 is 5.34. The second-order valence-corrected chi connectivity index (χ2v) is 5.61. The van der Waals surface area contributed by atoms with Crippen LogP contribution >= 0.6 is 0 Å². The zero-order valence-electron chi connectivity index (χ0n) is 13.2. The van der Waals surface area contributed by atoms with Crippen molar-refractivity contribution in [2.45, 2.75) is 13.0 Å². The molecule has 0 aliphatic carbocycles. The predicted octanol–water partition coefficient (Wildman–Crippen LogP) is 2.41. The number of nitrogens with zero attached hydrogens (tertiary/aromatic N) is 2. The monoisotopic (exact) mass is 311 g/mol. The lowest BCUT2D eigenvalue weighted by molar-refractivity contribution is 0.0939. The Morgan fingerprint density at radius 2 is 1.91 bits per heavy atom. The van der Waals surface area contributed by atoms with Crippen LogP contribution in [0.1, 0.15) is 28.9 Å². The number of rotatable bonds is 4. The van der Waals surface area contributed by atoms with Gasteiger partial charge in [0, 0.05) is 19.3 Å². The smallest absolute Gasteiger partial charge is 0.253 e. The van der Waals surface area contributed by atoms with Crippen LogP contribution in [0, 0.1) is 0 Å². The van der Waals surface area contributed by atoms with Crippen molar-refractivity contribution in [2.24, 2.45) is 0 Å². The zero-order chi connectivity index (χ0) is 16.1. The number of nitrogens with one attached hydrogen (secondary N) is 1. The van der Waals surface area contributed by atoms with Gasteiger partial charge in [-0.15, -0.1) is 0 Å². The molecule has 5 nitrogen and oxygen atoms in total. The van der Waals surface area contributed by atoms with Crippen molar-refractivity contribution in [3.63, 3.8) is 0 Å². The minimum atomic E-state index is -0.109. The van der Waals surface area contributed by atoms with Crippen molar-refractivity contribution in [2.75, 3.05) is 31.2 Å². The molecular weight excluding hydrogens is 290 g/mol. The second-order valence-electron chi connectivity index (χ2n) is 5.61. The van der Waals surface area contributed by atoms with Crippen molar-refractivity contribution in [1.29, 1.82) is 0 Å². The third-order valence-corrected chi connectivity index (χ3v) is 3.99. The summed E-state index contributed by atoms with van der Waals surface area (Å²) in [6.07, 6.45) is 1.64. The summed E-state index contributed by atoms with van der Waals surface area (Å²) in [7, 11) is 0. The molecule has 0 bridgehead atoms. The zero-order valence-corrected chi connectivity index (χ0v) is 13.2. The highest BCUT2D eigenvalue weighted by Gasteiger charge is 2.14. The molecule has 5 heteroatoms. The van der Waals surface area contributed by atoms with Gasteiger partial charge in [-0.3, -0.25) is 4.79 Å². The van der Waals surface area contributed by atoms with Crippen molar-refractivity contribution in [3.8, 4) is 0 Å². The summed E-state index contributed by atoms with van der Waals surface area (Å²) in [5.74, 6) is 0.781. The van der Waals surface area contributed by atoms with Gasteiger partial charge in [0.2, 0.25) is 0 Å². The van der Waals surface area contributed by atoms with Crippen molar-refractivity contribution >= 4 is 11.7 Å². The molecule has 1 atom stereocenters. The molecule has 0 radical (unpaired) electrons. The molecule has 1 aromatic heterocycles. The van der Waals surface area contributed by atoms with E-state index in [0.717, 1.165) is 37.7 Å². The van der Waals surface area contributed by atoms with E-state index in [1.54, 1.807) is 6.20 Å². The third-order valence-electron chi connectivity index (χ3n) is 3.99. The van der Waals surface area contributed by atoms with Crippen LogP contribution in [0.4, 0.5) is 5.82 Å². The average Bonchev–Trinajstić information content (AvgIpc) is 2.63. The van der Waals surface area contributed by atoms with Gasteiger partial charge in [-0.2, -0.15) is 0 Å². The first-order valence-electron chi connectivity index (χ1n) is 7.88. The molecule has 1 amide bonds. The number of aromatic nitrogens is 1. The van der Waals surface area contributed by atoms with Crippen LogP contribution in [0.2, 0.25) is 0 Å². The Morgan fingerprint density at radius 1 is 1.17 bits per heavy atom. The number of carbonyl (C=O) groups is 1. The highest BCUT2D eigenvalue weighted by Crippen LogP contribution is 2.15. The molecule has 2 heterocycles. The fourth-order valence-corrected chi connectivity index (χ4v) is 2.60. The van der Waals surface area contributed by atoms with Gasteiger partial charge in [0.25, 0.3) is 5.91 Å². The minimum absolute atomic E-state index is 0.0392. The Labute approximate surface area is 136 Å². The van der Waals surface area contributed by atoms with Crippen molar-refractivity contribution in [1.82, 2.24) is 10.3 Å². The van der Waals surface area contributed by atoms with Crippen LogP contribution in [-0.2, 0) is 4.74 Å². The third kappa shape index (κ3) is 3.87. The number of morpholine rings is 1. The normalized spacial score (nSPS) is 16.0. The van der Waals surface area contributed by atoms with E-state index < -0.39 is 0 Å². The van der Waals surface area contributed by atoms with E-state index in [1.165, 1.54) is 0 Å². The first-order chi connectivity index (χ1) is 11.2. The molecule has 1 aromatic carbocycles. The summed E-state index contributed by atoms with van der Waals surface area (Å²) >= 11 is 0. The average molecular weight is 311 g/mol. The van der Waals surface area contributed by atoms with Crippen molar-refractivity contribution in [3.05, 3.63) is 59.8 Å². The second kappa shape index (κ2) is 7.24. The van der Waals surface area contributed by atoms with Gasteiger partial charge in [-0.25, -0.2) is 4.98 Å². The molecule has 1 aliphatic heterocycles. The molecule has 23 heavy (non-hydrogen) atoms. The molecule has 0 spiro atoms. The topological polar surface area (TPSA) is 54.5 Å². The Bertz CT molecular complexity index is 637. The Balaban J connectivity index is 1.63. The Hall–Kier alpha value is -2.40. The summed E-state index contributed by atoms with van der Waals surface area (Å²) in [5.41, 5.74) is 1.66. The first-order valence-corrected chi connectivity index (χ1v) is 7.88. The van der Waals surface area contributed by atoms with Crippen LogP contribution < -0.4 is 10.2 Å². The van der Waals surface area contributed by atoms with E-state index in [2.05, 4.69) is 15.2 Å². The van der Waals surface area contributed by atoms with Crippen LogP contribution in [-0.4, -0.2) is 37.2 Å². The largest absolute Gasteiger partial charge is 0.378 e. The highest BCUT2D eigenvalue weighted by atomic mass is 16.5. The fraction of sp³-hybridized carbons (Fsp3) is 0.333. The molecule has 120 valence electrons. The molecule has 3 rings (SSSR count). The Kier molecular flexibility index (Phi) is 4.88. The summed E-state index contributed by atoms with van der Waals surface area (Å²) in [5, 5.41) is 3.00. The van der Waals surface area contributed by atoms with Gasteiger partial charge in [0.1, 0.15) is 5.82 Å². The van der Waals surface area contributed by atoms with Crippen LogP contribution in [0.15, 0.2) is 48.7 Å². The van der Waals surface area contributed by atoms with E-state index >= 15 is 0 Å². The lowest BCUT2D eigenvalue weighted by atomic mass is 10.1. The molecule has 1 unspecified atom stereocenters. The lowest BCUT2D eigenvalue weighted by Gasteiger charge is -2.27. The van der Waals surface area contributed by atoms with Gasteiger partial charge >= 0.3 is 0 Å². The maximum absolute atomic E-state index is 12.3. The predicted molar refractivity (Wildman–Crippen MR) is 89.6 cm³/mol. The van der Waals surface area contributed by atoms with Gasteiger partial charge < -0.3 is 15.0 Å². The van der Waals surface area contributed by atoms with E-state index in [9.17, 15) is 4.79 Å². The summed E-state index contributed by atoms with van der Waals surface area (Å²) in [6.45, 7) is 5.09. The molecule has 1 N–H and O–H groups in total. The van der Waals surface area contributed by atoms with Gasteiger partial charge in [0.05, 0.1) is 24.8 Å². The van der Waals surface area contributed by atoms with E-state index in [0.29, 0.717) is 5.56 Å². The number of carbonyl (C=O) groups excluding carboxylic acids is 1. The SMILES string of the molecule is CC(NC(=O)c1ccc(N2CCOCC2)nc1)c1ccccc1. The van der Waals surface area contributed by atoms with E-state index in [-0.39, 0.29) is 11.9 Å². The maximum atomic E-state index is 12.3. The van der Waals surface area contributed by atoms with Gasteiger partial charge in [0.15, 0.2) is 0 Å². The molecule has 1 saturated heterocycles. The number of hydrogen-bond acceptors (Lipinski definition) is 4. The molecule has 1 aliphatic rings. The number of anilines is 1. The van der Waals surface area contributed by atoms with E-state index in [1.807, 2.05) is 49.4 Å². The summed E-state index contributed by atoms with van der Waals surface area (Å²) in [6, 6.07) is 13.6. The number of ether oxygens (including phenoxy) is 1. The molecule has 0 saturated carbocycles. The molecule has 1 fully saturated rings. The quantitative estimate of drug-likeness (QED) is 0.942. The summed E-state index contributed by atoms with van der Waals surface area (Å²) in [4.78, 5) is 18.9. The van der Waals surface area contributed by atoms with Crippen LogP contribution in [0.3, 0.4) is 0 Å². The lowest BCUT2D eigenvalue weighted by Crippen LogP contribution is -2.36.